The Hall–Kier alpha value is -1.64. The Bertz CT molecular complexity index is 887. The second kappa shape index (κ2) is 7.94. The van der Waals surface area contributed by atoms with Gasteiger partial charge in [-0.15, -0.1) is 0 Å². The number of aliphatic hydroxyl groups is 1. The van der Waals surface area contributed by atoms with Crippen LogP contribution in [0.2, 0.25) is 5.02 Å². The third kappa shape index (κ3) is 4.36. The summed E-state index contributed by atoms with van der Waals surface area (Å²) >= 11 is 6.19. The summed E-state index contributed by atoms with van der Waals surface area (Å²) < 4.78 is 34.3. The van der Waals surface area contributed by atoms with Gasteiger partial charge in [-0.2, -0.15) is 8.42 Å². The van der Waals surface area contributed by atoms with Crippen LogP contribution >= 0.6 is 11.6 Å². The van der Waals surface area contributed by atoms with Crippen LogP contribution in [0.15, 0.2) is 42.5 Å². The minimum absolute atomic E-state index is 0.0388. The molecule has 8 heteroatoms. The molecule has 0 saturated heterocycles. The molecule has 3 rings (SSSR count). The highest BCUT2D eigenvalue weighted by molar-refractivity contribution is 7.85. The van der Waals surface area contributed by atoms with E-state index < -0.39 is 10.1 Å². The average molecular weight is 398 g/mol. The van der Waals surface area contributed by atoms with Crippen molar-refractivity contribution in [1.82, 2.24) is 5.32 Å². The minimum atomic E-state index is -3.60. The van der Waals surface area contributed by atoms with Gasteiger partial charge < -0.3 is 9.84 Å². The lowest BCUT2D eigenvalue weighted by molar-refractivity contribution is 0.239. The van der Waals surface area contributed by atoms with Crippen LogP contribution in [-0.4, -0.2) is 39.7 Å². The Balaban J connectivity index is 2.11. The lowest BCUT2D eigenvalue weighted by Gasteiger charge is -2.26. The van der Waals surface area contributed by atoms with Crippen molar-refractivity contribution in [3.8, 4) is 11.5 Å². The number of rotatable bonds is 6. The molecule has 2 aromatic carbocycles. The number of nitrogens with one attached hydrogen (secondary N) is 1. The largest absolute Gasteiger partial charge is 0.457 e. The number of fused-ring (bicyclic) bond motifs is 2. The lowest BCUT2D eigenvalue weighted by Crippen LogP contribution is -2.28. The fraction of sp³-hybridized carbons (Fsp3) is 0.333. The van der Waals surface area contributed by atoms with E-state index in [9.17, 15) is 13.5 Å². The molecule has 0 spiro atoms. The second-order valence-corrected chi connectivity index (χ2v) is 8.22. The highest BCUT2D eigenvalue weighted by Crippen LogP contribution is 2.46. The van der Waals surface area contributed by atoms with E-state index in [1.165, 1.54) is 0 Å². The standard InChI is InChI=1S/C18H20ClNO5S/c1-26(22,23)24-10-16-13-4-2-3-5-17(13)25-18-7-6-12(19)8-14(18)15(16)9-20-11-21/h2-8,15-16,20-21H,9-11H2,1H3/t15-,16-/m0/s1. The molecule has 0 fully saturated rings. The van der Waals surface area contributed by atoms with Crippen LogP contribution < -0.4 is 10.1 Å². The molecule has 2 atom stereocenters. The van der Waals surface area contributed by atoms with Crippen LogP contribution in [0, 0.1) is 0 Å². The molecular weight excluding hydrogens is 378 g/mol. The Kier molecular flexibility index (Phi) is 5.84. The molecule has 0 radical (unpaired) electrons. The summed E-state index contributed by atoms with van der Waals surface area (Å²) in [4.78, 5) is 0. The average Bonchev–Trinajstić information content (AvgIpc) is 2.71. The van der Waals surface area contributed by atoms with Gasteiger partial charge in [0.25, 0.3) is 10.1 Å². The van der Waals surface area contributed by atoms with Gasteiger partial charge in [0.1, 0.15) is 11.5 Å². The van der Waals surface area contributed by atoms with E-state index in [2.05, 4.69) is 5.32 Å². The first-order chi connectivity index (χ1) is 12.4. The fourth-order valence-corrected chi connectivity index (χ4v) is 3.78. The zero-order valence-electron chi connectivity index (χ0n) is 14.2. The molecule has 2 N–H and O–H groups in total. The molecule has 0 amide bonds. The van der Waals surface area contributed by atoms with E-state index in [0.29, 0.717) is 23.1 Å². The zero-order chi connectivity index (χ0) is 18.7. The zero-order valence-corrected chi connectivity index (χ0v) is 15.8. The molecular formula is C18H20ClNO5S. The summed E-state index contributed by atoms with van der Waals surface area (Å²) in [5, 5.41) is 12.7. The third-order valence-corrected chi connectivity index (χ3v) is 5.13. The van der Waals surface area contributed by atoms with Crippen molar-refractivity contribution in [3.63, 3.8) is 0 Å². The van der Waals surface area contributed by atoms with Crippen molar-refractivity contribution in [1.29, 1.82) is 0 Å². The molecule has 0 aliphatic carbocycles. The van der Waals surface area contributed by atoms with Gasteiger partial charge in [-0.25, -0.2) is 0 Å². The molecule has 140 valence electrons. The number of hydrogen-bond donors (Lipinski definition) is 2. The predicted molar refractivity (Wildman–Crippen MR) is 99.3 cm³/mol. The van der Waals surface area contributed by atoms with Crippen molar-refractivity contribution in [2.24, 2.45) is 0 Å². The predicted octanol–water partition coefficient (Wildman–Crippen LogP) is 2.83. The topological polar surface area (TPSA) is 84.9 Å². The minimum Gasteiger partial charge on any atom is -0.457 e. The SMILES string of the molecule is CS(=O)(=O)OC[C@H]1c2ccccc2Oc2ccc(Cl)cc2[C@@H]1CNCO. The molecule has 0 unspecified atom stereocenters. The summed E-state index contributed by atoms with van der Waals surface area (Å²) in [5.41, 5.74) is 1.67. The van der Waals surface area contributed by atoms with E-state index >= 15 is 0 Å². The van der Waals surface area contributed by atoms with Crippen LogP contribution in [0.4, 0.5) is 0 Å². The maximum absolute atomic E-state index is 11.6. The number of halogens is 1. The Morgan fingerprint density at radius 2 is 1.88 bits per heavy atom. The summed E-state index contributed by atoms with van der Waals surface area (Å²) in [5.74, 6) is 0.777. The molecule has 1 aliphatic heterocycles. The van der Waals surface area contributed by atoms with Crippen molar-refractivity contribution < 1.29 is 22.4 Å². The molecule has 2 aromatic rings. The van der Waals surface area contributed by atoms with Gasteiger partial charge in [0.2, 0.25) is 0 Å². The maximum atomic E-state index is 11.6. The smallest absolute Gasteiger partial charge is 0.264 e. The summed E-state index contributed by atoms with van der Waals surface area (Å²) in [7, 11) is -3.60. The number of benzene rings is 2. The number of para-hydroxylation sites is 1. The van der Waals surface area contributed by atoms with E-state index in [0.717, 1.165) is 17.4 Å². The van der Waals surface area contributed by atoms with Gasteiger partial charge in [-0.1, -0.05) is 29.8 Å². The van der Waals surface area contributed by atoms with Crippen LogP contribution in [0.5, 0.6) is 11.5 Å². The van der Waals surface area contributed by atoms with Crippen molar-refractivity contribution in [2.45, 2.75) is 11.8 Å². The monoisotopic (exact) mass is 397 g/mol. The summed E-state index contributed by atoms with van der Waals surface area (Å²) in [6, 6.07) is 12.8. The maximum Gasteiger partial charge on any atom is 0.264 e. The van der Waals surface area contributed by atoms with Gasteiger partial charge in [0, 0.05) is 34.5 Å². The third-order valence-electron chi connectivity index (χ3n) is 4.33. The van der Waals surface area contributed by atoms with E-state index in [-0.39, 0.29) is 25.2 Å². The Morgan fingerprint density at radius 3 is 2.62 bits per heavy atom. The van der Waals surface area contributed by atoms with Crippen molar-refractivity contribution in [2.75, 3.05) is 26.1 Å². The number of aliphatic hydroxyl groups excluding tert-OH is 1. The van der Waals surface area contributed by atoms with Crippen LogP contribution in [0.1, 0.15) is 23.0 Å². The normalized spacial score (nSPS) is 19.2. The van der Waals surface area contributed by atoms with Crippen LogP contribution in [-0.2, 0) is 14.3 Å². The molecule has 26 heavy (non-hydrogen) atoms. The van der Waals surface area contributed by atoms with Crippen molar-refractivity contribution >= 4 is 21.7 Å². The number of hydrogen-bond acceptors (Lipinski definition) is 6. The van der Waals surface area contributed by atoms with Gasteiger partial charge >= 0.3 is 0 Å². The fourth-order valence-electron chi connectivity index (χ4n) is 3.21. The molecule has 6 nitrogen and oxygen atoms in total. The molecule has 0 bridgehead atoms. The first-order valence-electron chi connectivity index (χ1n) is 8.11. The van der Waals surface area contributed by atoms with Crippen molar-refractivity contribution in [3.05, 3.63) is 58.6 Å². The molecule has 1 aliphatic rings. The second-order valence-electron chi connectivity index (χ2n) is 6.14. The highest BCUT2D eigenvalue weighted by Gasteiger charge is 2.33. The number of ether oxygens (including phenoxy) is 1. The Labute approximate surface area is 157 Å². The van der Waals surface area contributed by atoms with E-state index in [4.69, 9.17) is 20.5 Å². The first-order valence-corrected chi connectivity index (χ1v) is 10.3. The lowest BCUT2D eigenvalue weighted by atomic mass is 9.82. The van der Waals surface area contributed by atoms with Gasteiger partial charge in [-0.3, -0.25) is 9.50 Å². The summed E-state index contributed by atoms with van der Waals surface area (Å²) in [6.45, 7) is 0.164. The van der Waals surface area contributed by atoms with Crippen LogP contribution in [0.25, 0.3) is 0 Å². The molecule has 1 heterocycles. The molecule has 0 saturated carbocycles. The van der Waals surface area contributed by atoms with Gasteiger partial charge in [0.15, 0.2) is 0 Å². The first kappa shape index (κ1) is 19.1. The van der Waals surface area contributed by atoms with E-state index in [1.54, 1.807) is 18.2 Å². The molecule has 0 aromatic heterocycles. The summed E-state index contributed by atoms with van der Waals surface area (Å²) in [6.07, 6.45) is 1.03. The highest BCUT2D eigenvalue weighted by atomic mass is 35.5. The Morgan fingerprint density at radius 1 is 1.15 bits per heavy atom. The van der Waals surface area contributed by atoms with Gasteiger partial charge in [-0.05, 0) is 24.3 Å². The van der Waals surface area contributed by atoms with E-state index in [1.807, 2.05) is 24.3 Å². The van der Waals surface area contributed by atoms with Gasteiger partial charge in [0.05, 0.1) is 19.6 Å². The quantitative estimate of drug-likeness (QED) is 0.576. The van der Waals surface area contributed by atoms with Crippen LogP contribution in [0.3, 0.4) is 0 Å².